The van der Waals surface area contributed by atoms with Crippen LogP contribution in [0.4, 0.5) is 0 Å². The molecule has 0 amide bonds. The quantitative estimate of drug-likeness (QED) is 0.0559. The van der Waals surface area contributed by atoms with Crippen LogP contribution in [0.25, 0.3) is 0 Å². The molecule has 1 aromatic heterocycles. The maximum absolute atomic E-state index is 12.3. The van der Waals surface area contributed by atoms with Gasteiger partial charge >= 0.3 is 23.9 Å². The molecule has 3 heterocycles. The Balaban J connectivity index is 1.19. The number of nitrogens with zero attached hydrogens (tertiary/aromatic N) is 1. The van der Waals surface area contributed by atoms with Gasteiger partial charge in [0.2, 0.25) is 0 Å². The number of ether oxygens (including phenoxy) is 7. The molecule has 0 bridgehead atoms. The van der Waals surface area contributed by atoms with Crippen molar-refractivity contribution in [2.75, 3.05) is 12.4 Å². The van der Waals surface area contributed by atoms with E-state index in [9.17, 15) is 24.3 Å². The van der Waals surface area contributed by atoms with E-state index in [1.165, 1.54) is 27.7 Å². The summed E-state index contributed by atoms with van der Waals surface area (Å²) in [5, 5.41) is 13.9. The molecule has 0 radical (unpaired) electrons. The van der Waals surface area contributed by atoms with Gasteiger partial charge in [-0.2, -0.15) is 0 Å². The number of benzene rings is 3. The molecule has 2 aliphatic rings. The molecule has 4 aromatic rings. The van der Waals surface area contributed by atoms with Gasteiger partial charge in [0.25, 0.3) is 0 Å². The Morgan fingerprint density at radius 3 is 1.90 bits per heavy atom. The van der Waals surface area contributed by atoms with E-state index in [1.54, 1.807) is 18.0 Å². The molecule has 2 fully saturated rings. The fourth-order valence-corrected chi connectivity index (χ4v) is 8.65. The number of aliphatic hydroxyl groups excluding tert-OH is 1. The van der Waals surface area contributed by atoms with Gasteiger partial charge in [0.05, 0.1) is 28.8 Å². The van der Waals surface area contributed by atoms with Gasteiger partial charge in [-0.15, -0.1) is 11.8 Å². The average molecular weight is 887 g/mol. The normalized spacial score (nSPS) is 24.6. The monoisotopic (exact) mass is 886 g/mol. The fraction of sp³-hybridized carbons (Fsp3) is 0.391. The number of aromatic nitrogens is 1. The van der Waals surface area contributed by atoms with Crippen molar-refractivity contribution in [3.8, 4) is 0 Å². The largest absolute Gasteiger partial charge is 0.463 e. The number of hydrogen-bond acceptors (Lipinski definition) is 15. The molecule has 0 saturated carbocycles. The predicted molar refractivity (Wildman–Crippen MR) is 230 cm³/mol. The van der Waals surface area contributed by atoms with Crippen molar-refractivity contribution in [3.05, 3.63) is 131 Å². The highest BCUT2D eigenvalue weighted by atomic mass is 32.2. The van der Waals surface area contributed by atoms with Crippen molar-refractivity contribution in [1.29, 1.82) is 0 Å². The van der Waals surface area contributed by atoms with Crippen LogP contribution in [0.1, 0.15) is 80.2 Å². The first-order chi connectivity index (χ1) is 29.9. The van der Waals surface area contributed by atoms with Crippen molar-refractivity contribution in [2.24, 2.45) is 0 Å². The average Bonchev–Trinajstić information content (AvgIpc) is 3.26. The van der Waals surface area contributed by atoms with Crippen LogP contribution < -0.4 is 5.32 Å². The van der Waals surface area contributed by atoms with Gasteiger partial charge in [0.15, 0.2) is 24.6 Å². The molecule has 1 unspecified atom stereocenters. The Morgan fingerprint density at radius 2 is 1.29 bits per heavy atom. The smallest absolute Gasteiger partial charge is 0.303 e. The molecule has 14 nitrogen and oxygen atoms in total. The lowest BCUT2D eigenvalue weighted by atomic mass is 9.84. The van der Waals surface area contributed by atoms with E-state index >= 15 is 0 Å². The molecule has 62 heavy (non-hydrogen) atoms. The number of pyridine rings is 1. The van der Waals surface area contributed by atoms with E-state index in [0.717, 1.165) is 32.8 Å². The summed E-state index contributed by atoms with van der Waals surface area (Å²) < 4.78 is 41.7. The lowest BCUT2D eigenvalue weighted by molar-refractivity contribution is -0.255. The zero-order valence-corrected chi connectivity index (χ0v) is 36.4. The van der Waals surface area contributed by atoms with E-state index < -0.39 is 60.7 Å². The zero-order valence-electron chi connectivity index (χ0n) is 34.7. The second-order valence-electron chi connectivity index (χ2n) is 14.8. The first kappa shape index (κ1) is 46.3. The minimum atomic E-state index is -1.28. The number of rotatable bonds is 16. The summed E-state index contributed by atoms with van der Waals surface area (Å²) in [6.07, 6.45) is -5.38. The van der Waals surface area contributed by atoms with Crippen molar-refractivity contribution < 1.29 is 57.4 Å². The number of aliphatic hydroxyl groups is 1. The summed E-state index contributed by atoms with van der Waals surface area (Å²) in [6, 6.07) is 31.6. The van der Waals surface area contributed by atoms with Crippen LogP contribution in [0, 0.1) is 0 Å². The van der Waals surface area contributed by atoms with Gasteiger partial charge in [-0.25, -0.2) is 4.98 Å². The SMILES string of the molecule is CC(=O)OC[C@H]1O[C@@H](CC(=S)NCc2ccc(C3O[C@H](CSc4ccccn4)[C@@H](c4ccccc4)[C@H](c4ccc(CO)cc4)O3)cc2)[C@H](OC(C)=O)[C@@H](OC(C)=O)[C@@H]1OC(C)=O. The highest BCUT2D eigenvalue weighted by Crippen LogP contribution is 2.48. The minimum Gasteiger partial charge on any atom is -0.463 e. The minimum absolute atomic E-state index is 0.0113. The van der Waals surface area contributed by atoms with Gasteiger partial charge in [0, 0.05) is 64.1 Å². The lowest BCUT2D eigenvalue weighted by Gasteiger charge is -2.44. The van der Waals surface area contributed by atoms with E-state index in [4.69, 9.17) is 45.4 Å². The molecule has 2 saturated heterocycles. The number of carbonyl (C=O) groups is 4. The maximum Gasteiger partial charge on any atom is 0.303 e. The summed E-state index contributed by atoms with van der Waals surface area (Å²) in [5.41, 5.74) is 4.54. The van der Waals surface area contributed by atoms with Gasteiger partial charge in [0.1, 0.15) is 18.8 Å². The fourth-order valence-electron chi connectivity index (χ4n) is 7.48. The molecular weight excluding hydrogens is 837 g/mol. The van der Waals surface area contributed by atoms with Crippen LogP contribution in [0.5, 0.6) is 0 Å². The van der Waals surface area contributed by atoms with Crippen molar-refractivity contribution >= 4 is 52.8 Å². The van der Waals surface area contributed by atoms with Gasteiger partial charge in [-0.1, -0.05) is 97.1 Å². The molecule has 6 rings (SSSR count). The van der Waals surface area contributed by atoms with Crippen molar-refractivity contribution in [2.45, 2.75) is 107 Å². The van der Waals surface area contributed by atoms with Crippen LogP contribution in [-0.2, 0) is 65.5 Å². The van der Waals surface area contributed by atoms with Gasteiger partial charge < -0.3 is 43.6 Å². The van der Waals surface area contributed by atoms with Crippen molar-refractivity contribution in [1.82, 2.24) is 10.3 Å². The first-order valence-corrected chi connectivity index (χ1v) is 21.5. The number of thiocarbonyl (C=S) groups is 1. The summed E-state index contributed by atoms with van der Waals surface area (Å²) in [4.78, 5) is 53.2. The van der Waals surface area contributed by atoms with Crippen molar-refractivity contribution in [3.63, 3.8) is 0 Å². The van der Waals surface area contributed by atoms with E-state index in [2.05, 4.69) is 22.4 Å². The third-order valence-electron chi connectivity index (χ3n) is 10.2. The molecule has 3 aromatic carbocycles. The summed E-state index contributed by atoms with van der Waals surface area (Å²) in [5.74, 6) is -2.27. The highest BCUT2D eigenvalue weighted by Gasteiger charge is 2.52. The standard InChI is InChI=1S/C46H50N2O12S2/c1-27(50)54-25-37-44(56-29(3)52)45(57-30(4)53)43(55-28(2)51)36(58-37)22-39(61)48-23-31-13-19-35(20-14-31)46-59-38(26-62-40-12-8-9-21-47-40)41(33-10-6-5-7-11-33)42(60-46)34-17-15-32(24-49)16-18-34/h5-21,36-38,41-46,49H,22-26H2,1-4H3,(H,48,61)/t36-,37+,38+,41+,42-,43-,44+,45+,46?/m0/s1. The van der Waals surface area contributed by atoms with Gasteiger partial charge in [-0.3, -0.25) is 19.2 Å². The van der Waals surface area contributed by atoms with Crippen LogP contribution in [0.15, 0.2) is 108 Å². The zero-order chi connectivity index (χ0) is 44.2. The topological polar surface area (TPSA) is 178 Å². The third-order valence-corrected chi connectivity index (χ3v) is 11.6. The van der Waals surface area contributed by atoms with Crippen LogP contribution in [-0.4, -0.2) is 87.9 Å². The summed E-state index contributed by atoms with van der Waals surface area (Å²) in [7, 11) is 0. The first-order valence-electron chi connectivity index (χ1n) is 20.1. The molecule has 2 N–H and O–H groups in total. The van der Waals surface area contributed by atoms with E-state index in [-0.39, 0.29) is 37.8 Å². The number of carbonyl (C=O) groups excluding carboxylic acids is 4. The Morgan fingerprint density at radius 1 is 0.677 bits per heavy atom. The third kappa shape index (κ3) is 12.7. The predicted octanol–water partition coefficient (Wildman–Crippen LogP) is 6.24. The number of hydrogen-bond donors (Lipinski definition) is 2. The van der Waals surface area contributed by atoms with E-state index in [0.29, 0.717) is 17.3 Å². The molecule has 0 aliphatic carbocycles. The Kier molecular flexibility index (Phi) is 16.6. The van der Waals surface area contributed by atoms with Crippen LogP contribution in [0.2, 0.25) is 0 Å². The summed E-state index contributed by atoms with van der Waals surface area (Å²) >= 11 is 7.35. The Hall–Kier alpha value is -5.23. The summed E-state index contributed by atoms with van der Waals surface area (Å²) in [6.45, 7) is 4.66. The molecular formula is C46H50N2O12S2. The second-order valence-corrected chi connectivity index (χ2v) is 16.4. The lowest BCUT2D eigenvalue weighted by Crippen LogP contribution is -2.62. The van der Waals surface area contributed by atoms with Crippen LogP contribution in [0.3, 0.4) is 0 Å². The Bertz CT molecular complexity index is 2130. The molecule has 2 aliphatic heterocycles. The molecule has 328 valence electrons. The number of nitrogens with one attached hydrogen (secondary N) is 1. The maximum atomic E-state index is 12.3. The molecule has 0 spiro atoms. The molecule has 9 atom stereocenters. The van der Waals surface area contributed by atoms with E-state index in [1.807, 2.05) is 84.9 Å². The van der Waals surface area contributed by atoms with Crippen LogP contribution >= 0.6 is 24.0 Å². The van der Waals surface area contributed by atoms with Gasteiger partial charge in [-0.05, 0) is 34.4 Å². The molecule has 16 heteroatoms. The number of esters is 4. The Labute approximate surface area is 369 Å². The number of thioether (sulfide) groups is 1. The second kappa shape index (κ2) is 22.2. The highest BCUT2D eigenvalue weighted by molar-refractivity contribution is 7.99.